The van der Waals surface area contributed by atoms with Crippen LogP contribution < -0.4 is 5.43 Å². The zero-order chi connectivity index (χ0) is 14.4. The second-order valence-corrected chi connectivity index (χ2v) is 9.52. The fourth-order valence-electron chi connectivity index (χ4n) is 1.15. The maximum Gasteiger partial charge on any atom is 0.249 e. The normalized spacial score (nSPS) is 17.8. The number of sulfone groups is 2. The van der Waals surface area contributed by atoms with Crippen molar-refractivity contribution in [1.29, 1.82) is 0 Å². The molecule has 104 valence electrons. The summed E-state index contributed by atoms with van der Waals surface area (Å²) in [6.45, 7) is 0. The minimum atomic E-state index is -3.92. The van der Waals surface area contributed by atoms with Gasteiger partial charge in [-0.25, -0.2) is 25.3 Å². The molecule has 0 saturated heterocycles. The molecule has 1 heterocycles. The Morgan fingerprint density at radius 2 is 1.44 bits per heavy atom. The molecule has 1 aliphatic heterocycles. The number of rotatable bonds is 3. The van der Waals surface area contributed by atoms with Crippen LogP contribution in [-0.4, -0.2) is 48.4 Å². The van der Waals surface area contributed by atoms with Crippen LogP contribution in [0.1, 0.15) is 0 Å². The molecule has 0 amide bonds. The lowest BCUT2D eigenvalue weighted by Crippen LogP contribution is -2.42. The Hall–Kier alpha value is -1.07. The van der Waals surface area contributed by atoms with Gasteiger partial charge in [0.15, 0.2) is 24.7 Å². The summed E-state index contributed by atoms with van der Waals surface area (Å²) >= 11 is 0. The standard InChI is InChI=1S/C7H12N2O6S3/c1-16(10,11)6-4-5-9(18(3,14)15)8-7(6)17(2,12)13/h4-5,8H,1-3H3. The third-order valence-corrected chi connectivity index (χ3v) is 5.17. The summed E-state index contributed by atoms with van der Waals surface area (Å²) in [6, 6.07) is 0. The van der Waals surface area contributed by atoms with Crippen LogP contribution in [0.4, 0.5) is 0 Å². The first-order chi connectivity index (χ1) is 7.83. The van der Waals surface area contributed by atoms with Crippen LogP contribution in [0.15, 0.2) is 22.2 Å². The number of sulfonamides is 1. The van der Waals surface area contributed by atoms with Crippen LogP contribution in [0.2, 0.25) is 0 Å². The average molecular weight is 316 g/mol. The molecule has 0 aromatic carbocycles. The molecule has 18 heavy (non-hydrogen) atoms. The van der Waals surface area contributed by atoms with Gasteiger partial charge in [0, 0.05) is 18.7 Å². The summed E-state index contributed by atoms with van der Waals surface area (Å²) in [5.41, 5.74) is 2.06. The molecule has 0 fully saturated rings. The minimum absolute atomic E-state index is 0.482. The Morgan fingerprint density at radius 1 is 0.944 bits per heavy atom. The second-order valence-electron chi connectivity index (χ2n) is 3.72. The van der Waals surface area contributed by atoms with Gasteiger partial charge in [0.05, 0.1) is 6.26 Å². The van der Waals surface area contributed by atoms with Crippen molar-refractivity contribution in [3.8, 4) is 0 Å². The molecule has 8 nitrogen and oxygen atoms in total. The molecular formula is C7H12N2O6S3. The van der Waals surface area contributed by atoms with Gasteiger partial charge in [-0.05, 0) is 6.08 Å². The highest BCUT2D eigenvalue weighted by Crippen LogP contribution is 2.21. The van der Waals surface area contributed by atoms with E-state index in [9.17, 15) is 25.3 Å². The molecular weight excluding hydrogens is 304 g/mol. The molecule has 0 atom stereocenters. The van der Waals surface area contributed by atoms with E-state index in [1.165, 1.54) is 0 Å². The molecule has 0 unspecified atom stereocenters. The fourth-order valence-corrected chi connectivity index (χ4v) is 4.05. The van der Waals surface area contributed by atoms with Crippen LogP contribution in [0.3, 0.4) is 0 Å². The topological polar surface area (TPSA) is 118 Å². The Balaban J connectivity index is 3.50. The van der Waals surface area contributed by atoms with Crippen molar-refractivity contribution < 1.29 is 25.3 Å². The predicted molar refractivity (Wildman–Crippen MR) is 65.7 cm³/mol. The van der Waals surface area contributed by atoms with Gasteiger partial charge in [-0.1, -0.05) is 0 Å². The fraction of sp³-hybridized carbons (Fsp3) is 0.429. The molecule has 0 bridgehead atoms. The van der Waals surface area contributed by atoms with Crippen molar-refractivity contribution in [3.05, 3.63) is 22.2 Å². The molecule has 1 aliphatic rings. The van der Waals surface area contributed by atoms with Crippen LogP contribution in [0, 0.1) is 0 Å². The summed E-state index contributed by atoms with van der Waals surface area (Å²) in [4.78, 5) is -0.482. The summed E-state index contributed by atoms with van der Waals surface area (Å²) in [5.74, 6) is 0. The highest BCUT2D eigenvalue weighted by Gasteiger charge is 2.29. The zero-order valence-electron chi connectivity index (χ0n) is 9.78. The summed E-state index contributed by atoms with van der Waals surface area (Å²) in [7, 11) is -11.5. The number of nitrogens with one attached hydrogen (secondary N) is 1. The van der Waals surface area contributed by atoms with E-state index in [0.29, 0.717) is 4.41 Å². The zero-order valence-corrected chi connectivity index (χ0v) is 12.2. The lowest BCUT2D eigenvalue weighted by molar-refractivity contribution is 0.446. The highest BCUT2D eigenvalue weighted by molar-refractivity contribution is 7.98. The number of hydrogen-bond donors (Lipinski definition) is 1. The molecule has 0 saturated carbocycles. The molecule has 11 heteroatoms. The van der Waals surface area contributed by atoms with Crippen molar-refractivity contribution >= 4 is 29.7 Å². The molecule has 1 rings (SSSR count). The third kappa shape index (κ3) is 3.23. The van der Waals surface area contributed by atoms with E-state index in [1.807, 2.05) is 0 Å². The van der Waals surface area contributed by atoms with Crippen LogP contribution >= 0.6 is 0 Å². The number of nitrogens with zero attached hydrogens (tertiary/aromatic N) is 1. The molecule has 0 aromatic rings. The minimum Gasteiger partial charge on any atom is -0.273 e. The van der Waals surface area contributed by atoms with E-state index < -0.39 is 39.6 Å². The summed E-state index contributed by atoms with van der Waals surface area (Å²) in [5, 5.41) is -0.669. The van der Waals surface area contributed by atoms with E-state index >= 15 is 0 Å². The number of allylic oxidation sites excluding steroid dienone is 1. The second kappa shape index (κ2) is 4.24. The van der Waals surface area contributed by atoms with Gasteiger partial charge < -0.3 is 0 Å². The lowest BCUT2D eigenvalue weighted by atomic mass is 10.5. The van der Waals surface area contributed by atoms with Gasteiger partial charge in [-0.3, -0.25) is 5.43 Å². The van der Waals surface area contributed by atoms with Gasteiger partial charge in [0.2, 0.25) is 10.0 Å². The largest absolute Gasteiger partial charge is 0.273 e. The summed E-state index contributed by atoms with van der Waals surface area (Å²) in [6.07, 6.45) is 4.30. The first-order valence-corrected chi connectivity index (χ1v) is 10.1. The van der Waals surface area contributed by atoms with Gasteiger partial charge in [0.1, 0.15) is 4.91 Å². The Kier molecular flexibility index (Phi) is 3.53. The number of hydrazine groups is 1. The average Bonchev–Trinajstić information content (AvgIpc) is 2.12. The molecule has 0 spiro atoms. The molecule has 0 aliphatic carbocycles. The molecule has 0 aromatic heterocycles. The maximum absolute atomic E-state index is 11.5. The van der Waals surface area contributed by atoms with E-state index in [0.717, 1.165) is 31.0 Å². The van der Waals surface area contributed by atoms with Gasteiger partial charge in [0.25, 0.3) is 0 Å². The Morgan fingerprint density at radius 3 is 1.78 bits per heavy atom. The monoisotopic (exact) mass is 316 g/mol. The predicted octanol–water partition coefficient (Wildman–Crippen LogP) is -1.46. The smallest absolute Gasteiger partial charge is 0.249 e. The quantitative estimate of drug-likeness (QED) is 0.676. The van der Waals surface area contributed by atoms with Crippen LogP contribution in [-0.2, 0) is 29.7 Å². The van der Waals surface area contributed by atoms with Crippen molar-refractivity contribution in [2.24, 2.45) is 0 Å². The van der Waals surface area contributed by atoms with E-state index in [-0.39, 0.29) is 0 Å². The van der Waals surface area contributed by atoms with Gasteiger partial charge in [-0.2, -0.15) is 4.41 Å². The lowest BCUT2D eigenvalue weighted by Gasteiger charge is -2.25. The van der Waals surface area contributed by atoms with E-state index in [1.54, 1.807) is 0 Å². The Labute approximate surface area is 106 Å². The van der Waals surface area contributed by atoms with Crippen molar-refractivity contribution in [2.75, 3.05) is 18.8 Å². The summed E-state index contributed by atoms with van der Waals surface area (Å²) < 4.78 is 68.8. The van der Waals surface area contributed by atoms with Crippen LogP contribution in [0.25, 0.3) is 0 Å². The highest BCUT2D eigenvalue weighted by atomic mass is 32.2. The first-order valence-electron chi connectivity index (χ1n) is 4.42. The first kappa shape index (κ1) is 15.0. The molecule has 1 N–H and O–H groups in total. The maximum atomic E-state index is 11.5. The number of hydrogen-bond acceptors (Lipinski definition) is 7. The van der Waals surface area contributed by atoms with Crippen LogP contribution in [0.5, 0.6) is 0 Å². The Bertz CT molecular complexity index is 726. The van der Waals surface area contributed by atoms with Gasteiger partial charge in [-0.15, -0.1) is 0 Å². The molecule has 0 radical (unpaired) electrons. The van der Waals surface area contributed by atoms with Crippen molar-refractivity contribution in [2.45, 2.75) is 0 Å². The van der Waals surface area contributed by atoms with Crippen molar-refractivity contribution in [1.82, 2.24) is 9.84 Å². The van der Waals surface area contributed by atoms with Crippen molar-refractivity contribution in [3.63, 3.8) is 0 Å². The van der Waals surface area contributed by atoms with Gasteiger partial charge >= 0.3 is 0 Å². The van der Waals surface area contributed by atoms with E-state index in [2.05, 4.69) is 5.43 Å². The van der Waals surface area contributed by atoms with E-state index in [4.69, 9.17) is 0 Å². The SMILES string of the molecule is CS(=O)(=O)C1=C(S(C)(=O)=O)NN(S(C)(=O)=O)C=C1. The third-order valence-electron chi connectivity index (χ3n) is 1.92.